The highest BCUT2D eigenvalue weighted by Crippen LogP contribution is 2.26. The van der Waals surface area contributed by atoms with E-state index in [-0.39, 0.29) is 5.54 Å². The molecule has 0 aromatic heterocycles. The topological polar surface area (TPSA) is 24.1 Å². The minimum atomic E-state index is 0.0234. The van der Waals surface area contributed by atoms with E-state index in [1.807, 2.05) is 20.2 Å². The molecule has 15 heavy (non-hydrogen) atoms. The number of likely N-dealkylation sites (N-methyl/N-ethyl adjacent to an activating group) is 2. The quantitative estimate of drug-likeness (QED) is 0.879. The van der Waals surface area contributed by atoms with E-state index < -0.39 is 0 Å². The maximum Gasteiger partial charge on any atom is 0.0497 e. The van der Waals surface area contributed by atoms with Crippen LogP contribution in [0.3, 0.4) is 0 Å². The zero-order chi connectivity index (χ0) is 11.5. The smallest absolute Gasteiger partial charge is 0.0497 e. The van der Waals surface area contributed by atoms with Gasteiger partial charge in [-0.05, 0) is 45.6 Å². The van der Waals surface area contributed by atoms with Crippen LogP contribution in [0.5, 0.6) is 0 Å². The molecule has 3 heteroatoms. The van der Waals surface area contributed by atoms with Crippen molar-refractivity contribution in [1.29, 1.82) is 0 Å². The van der Waals surface area contributed by atoms with Gasteiger partial charge in [-0.1, -0.05) is 28.1 Å². The van der Waals surface area contributed by atoms with Gasteiger partial charge >= 0.3 is 0 Å². The number of benzene rings is 1. The van der Waals surface area contributed by atoms with Gasteiger partial charge in [-0.2, -0.15) is 0 Å². The third kappa shape index (κ3) is 3.03. The van der Waals surface area contributed by atoms with Crippen molar-refractivity contribution in [3.05, 3.63) is 34.3 Å². The van der Waals surface area contributed by atoms with Crippen LogP contribution in [0.15, 0.2) is 28.7 Å². The lowest BCUT2D eigenvalue weighted by Crippen LogP contribution is -2.47. The molecule has 0 saturated heterocycles. The zero-order valence-electron chi connectivity index (χ0n) is 9.76. The lowest BCUT2D eigenvalue weighted by molar-refractivity contribution is 0.311. The van der Waals surface area contributed by atoms with Gasteiger partial charge in [0.1, 0.15) is 0 Å². The molecule has 0 aliphatic heterocycles. The molecule has 84 valence electrons. The Morgan fingerprint density at radius 1 is 1.27 bits per heavy atom. The van der Waals surface area contributed by atoms with Crippen LogP contribution in [0.4, 0.5) is 0 Å². The summed E-state index contributed by atoms with van der Waals surface area (Å²) >= 11 is 3.50. The van der Waals surface area contributed by atoms with Crippen LogP contribution in [0.1, 0.15) is 25.5 Å². The zero-order valence-corrected chi connectivity index (χ0v) is 11.4. The number of halogens is 1. The first-order chi connectivity index (χ1) is 7.01. The Kier molecular flexibility index (Phi) is 4.32. The normalized spacial score (nSPS) is 13.9. The van der Waals surface area contributed by atoms with E-state index in [4.69, 9.17) is 0 Å². The first kappa shape index (κ1) is 12.7. The third-order valence-electron chi connectivity index (χ3n) is 2.84. The Labute approximate surface area is 101 Å². The highest BCUT2D eigenvalue weighted by Gasteiger charge is 2.27. The predicted octanol–water partition coefficient (Wildman–Crippen LogP) is 2.71. The Bertz CT molecular complexity index is 323. The summed E-state index contributed by atoms with van der Waals surface area (Å²) in [7, 11) is 3.98. The van der Waals surface area contributed by atoms with Crippen LogP contribution >= 0.6 is 15.9 Å². The molecular formula is C12H19BrN2. The van der Waals surface area contributed by atoms with E-state index in [0.29, 0.717) is 6.04 Å². The summed E-state index contributed by atoms with van der Waals surface area (Å²) in [6.07, 6.45) is 0. The summed E-state index contributed by atoms with van der Waals surface area (Å²) in [6.45, 7) is 4.38. The lowest BCUT2D eigenvalue weighted by atomic mass is 9.89. The van der Waals surface area contributed by atoms with Gasteiger partial charge in [0.05, 0.1) is 0 Å². The fraction of sp³-hybridized carbons (Fsp3) is 0.500. The van der Waals surface area contributed by atoms with E-state index in [1.54, 1.807) is 0 Å². The molecular weight excluding hydrogens is 252 g/mol. The molecule has 2 N–H and O–H groups in total. The summed E-state index contributed by atoms with van der Waals surface area (Å²) in [5, 5.41) is 6.69. The van der Waals surface area contributed by atoms with E-state index in [9.17, 15) is 0 Å². The molecule has 1 atom stereocenters. The number of rotatable bonds is 4. The van der Waals surface area contributed by atoms with Crippen molar-refractivity contribution in [2.24, 2.45) is 0 Å². The first-order valence-corrected chi connectivity index (χ1v) is 5.92. The molecule has 0 spiro atoms. The lowest BCUT2D eigenvalue weighted by Gasteiger charge is -2.34. The number of hydrogen-bond donors (Lipinski definition) is 2. The van der Waals surface area contributed by atoms with Crippen molar-refractivity contribution in [3.8, 4) is 0 Å². The van der Waals surface area contributed by atoms with Crippen LogP contribution in [0.25, 0.3) is 0 Å². The largest absolute Gasteiger partial charge is 0.313 e. The van der Waals surface area contributed by atoms with E-state index in [1.165, 1.54) is 5.56 Å². The molecule has 0 radical (unpaired) electrons. The van der Waals surface area contributed by atoms with Gasteiger partial charge in [0.2, 0.25) is 0 Å². The Balaban J connectivity index is 3.02. The average Bonchev–Trinajstić information content (AvgIpc) is 2.18. The molecule has 2 nitrogen and oxygen atoms in total. The second-order valence-electron chi connectivity index (χ2n) is 4.25. The van der Waals surface area contributed by atoms with Gasteiger partial charge < -0.3 is 10.6 Å². The second kappa shape index (κ2) is 5.10. The van der Waals surface area contributed by atoms with Gasteiger partial charge in [-0.3, -0.25) is 0 Å². The van der Waals surface area contributed by atoms with E-state index >= 15 is 0 Å². The standard InChI is InChI=1S/C12H19BrN2/c1-12(2,15-4)11(14-3)9-6-5-7-10(13)8-9/h5-8,11,14-15H,1-4H3. The Morgan fingerprint density at radius 2 is 1.93 bits per heavy atom. The Morgan fingerprint density at radius 3 is 2.40 bits per heavy atom. The molecule has 0 bridgehead atoms. The molecule has 0 aliphatic rings. The fourth-order valence-corrected chi connectivity index (χ4v) is 2.19. The summed E-state index contributed by atoms with van der Waals surface area (Å²) < 4.78 is 1.12. The van der Waals surface area contributed by atoms with Crippen LogP contribution < -0.4 is 10.6 Å². The molecule has 0 amide bonds. The van der Waals surface area contributed by atoms with Crippen molar-refractivity contribution in [3.63, 3.8) is 0 Å². The van der Waals surface area contributed by atoms with Crippen LogP contribution in [-0.4, -0.2) is 19.6 Å². The van der Waals surface area contributed by atoms with Crippen molar-refractivity contribution in [2.75, 3.05) is 14.1 Å². The SMILES string of the molecule is CNC(c1cccc(Br)c1)C(C)(C)NC. The van der Waals surface area contributed by atoms with Crippen molar-refractivity contribution >= 4 is 15.9 Å². The predicted molar refractivity (Wildman–Crippen MR) is 69.1 cm³/mol. The molecule has 0 saturated carbocycles. The first-order valence-electron chi connectivity index (χ1n) is 5.13. The van der Waals surface area contributed by atoms with Gasteiger partial charge in [0.25, 0.3) is 0 Å². The molecule has 0 fully saturated rings. The van der Waals surface area contributed by atoms with Crippen molar-refractivity contribution in [2.45, 2.75) is 25.4 Å². The molecule has 1 aromatic carbocycles. The van der Waals surface area contributed by atoms with Crippen LogP contribution in [0, 0.1) is 0 Å². The highest BCUT2D eigenvalue weighted by molar-refractivity contribution is 9.10. The summed E-state index contributed by atoms with van der Waals surface area (Å²) in [5.74, 6) is 0. The molecule has 0 aliphatic carbocycles. The molecule has 1 rings (SSSR count). The average molecular weight is 271 g/mol. The fourth-order valence-electron chi connectivity index (χ4n) is 1.77. The summed E-state index contributed by atoms with van der Waals surface area (Å²) in [6, 6.07) is 8.70. The monoisotopic (exact) mass is 270 g/mol. The summed E-state index contributed by atoms with van der Waals surface area (Å²) in [4.78, 5) is 0. The molecule has 1 aromatic rings. The van der Waals surface area contributed by atoms with Crippen LogP contribution in [-0.2, 0) is 0 Å². The van der Waals surface area contributed by atoms with Crippen molar-refractivity contribution < 1.29 is 0 Å². The Hall–Kier alpha value is -0.380. The summed E-state index contributed by atoms with van der Waals surface area (Å²) in [5.41, 5.74) is 1.31. The minimum Gasteiger partial charge on any atom is -0.313 e. The molecule has 0 heterocycles. The van der Waals surface area contributed by atoms with Gasteiger partial charge in [0.15, 0.2) is 0 Å². The maximum absolute atomic E-state index is 3.50. The van der Waals surface area contributed by atoms with Gasteiger partial charge in [-0.25, -0.2) is 0 Å². The van der Waals surface area contributed by atoms with Crippen molar-refractivity contribution in [1.82, 2.24) is 10.6 Å². The molecule has 1 unspecified atom stereocenters. The van der Waals surface area contributed by atoms with Crippen LogP contribution in [0.2, 0.25) is 0 Å². The van der Waals surface area contributed by atoms with Gasteiger partial charge in [0, 0.05) is 16.1 Å². The second-order valence-corrected chi connectivity index (χ2v) is 5.16. The minimum absolute atomic E-state index is 0.0234. The van der Waals surface area contributed by atoms with E-state index in [2.05, 4.69) is 58.6 Å². The highest BCUT2D eigenvalue weighted by atomic mass is 79.9. The van der Waals surface area contributed by atoms with E-state index in [0.717, 1.165) is 4.47 Å². The third-order valence-corrected chi connectivity index (χ3v) is 3.33. The number of nitrogens with one attached hydrogen (secondary N) is 2. The number of hydrogen-bond acceptors (Lipinski definition) is 2. The van der Waals surface area contributed by atoms with Gasteiger partial charge in [-0.15, -0.1) is 0 Å². The maximum atomic E-state index is 3.50.